The van der Waals surface area contributed by atoms with E-state index in [4.69, 9.17) is 9.11 Å². The van der Waals surface area contributed by atoms with Crippen LogP contribution in [-0.2, 0) is 0 Å². The van der Waals surface area contributed by atoms with Crippen LogP contribution in [0.1, 0.15) is 0 Å². The minimum atomic E-state index is 0.423. The SMILES string of the molecule is OSc1cc(SO)ncn1. The summed E-state index contributed by atoms with van der Waals surface area (Å²) >= 11 is 1.05. The summed E-state index contributed by atoms with van der Waals surface area (Å²) < 4.78 is 17.0. The first-order chi connectivity index (χ1) is 4.86. The van der Waals surface area contributed by atoms with E-state index < -0.39 is 0 Å². The topological polar surface area (TPSA) is 66.2 Å². The average Bonchev–Trinajstić information content (AvgIpc) is 2.05. The standard InChI is InChI=1S/C4H4N2O2S2/c7-9-3-1-4(10-8)6-2-5-3/h1-2,7-8H. The van der Waals surface area contributed by atoms with Crippen molar-refractivity contribution >= 4 is 24.1 Å². The molecular weight excluding hydrogens is 172 g/mol. The molecule has 0 spiro atoms. The van der Waals surface area contributed by atoms with E-state index in [2.05, 4.69) is 9.97 Å². The van der Waals surface area contributed by atoms with E-state index in [-0.39, 0.29) is 0 Å². The Hall–Kier alpha value is -0.300. The fourth-order valence-electron chi connectivity index (χ4n) is 0.423. The van der Waals surface area contributed by atoms with E-state index in [1.165, 1.54) is 12.4 Å². The fraction of sp³-hybridized carbons (Fsp3) is 0. The monoisotopic (exact) mass is 176 g/mol. The van der Waals surface area contributed by atoms with E-state index in [0.29, 0.717) is 34.1 Å². The van der Waals surface area contributed by atoms with Gasteiger partial charge in [0.2, 0.25) is 0 Å². The molecule has 6 heteroatoms. The van der Waals surface area contributed by atoms with Gasteiger partial charge in [-0.05, 0) is 0 Å². The van der Waals surface area contributed by atoms with Gasteiger partial charge in [0.15, 0.2) is 0 Å². The van der Waals surface area contributed by atoms with Crippen molar-refractivity contribution in [1.82, 2.24) is 9.97 Å². The molecule has 0 aliphatic rings. The van der Waals surface area contributed by atoms with Crippen LogP contribution in [-0.4, -0.2) is 19.1 Å². The lowest BCUT2D eigenvalue weighted by molar-refractivity contribution is 0.653. The highest BCUT2D eigenvalue weighted by atomic mass is 32.2. The van der Waals surface area contributed by atoms with Crippen molar-refractivity contribution in [2.24, 2.45) is 0 Å². The molecule has 0 bridgehead atoms. The van der Waals surface area contributed by atoms with Crippen LogP contribution in [0.2, 0.25) is 0 Å². The molecule has 0 aromatic carbocycles. The van der Waals surface area contributed by atoms with E-state index in [1.54, 1.807) is 0 Å². The Kier molecular flexibility index (Phi) is 2.94. The van der Waals surface area contributed by atoms with Gasteiger partial charge in [0.25, 0.3) is 0 Å². The first-order valence-corrected chi connectivity index (χ1v) is 3.86. The van der Waals surface area contributed by atoms with Crippen LogP contribution in [0.3, 0.4) is 0 Å². The summed E-state index contributed by atoms with van der Waals surface area (Å²) in [7, 11) is 0. The quantitative estimate of drug-likeness (QED) is 0.527. The maximum atomic E-state index is 8.49. The minimum Gasteiger partial charge on any atom is -0.324 e. The third-order valence-electron chi connectivity index (χ3n) is 0.804. The molecule has 4 nitrogen and oxygen atoms in total. The van der Waals surface area contributed by atoms with Gasteiger partial charge in [0, 0.05) is 30.2 Å². The average molecular weight is 176 g/mol. The van der Waals surface area contributed by atoms with Gasteiger partial charge in [-0.25, -0.2) is 9.97 Å². The van der Waals surface area contributed by atoms with E-state index in [1.807, 2.05) is 0 Å². The second-order valence-electron chi connectivity index (χ2n) is 1.38. The summed E-state index contributed by atoms with van der Waals surface area (Å²) in [5.74, 6) is 0. The summed E-state index contributed by atoms with van der Waals surface area (Å²) in [4.78, 5) is 7.37. The molecule has 1 aromatic rings. The second kappa shape index (κ2) is 3.77. The Morgan fingerprint density at radius 2 is 1.60 bits per heavy atom. The number of nitrogens with zero attached hydrogens (tertiary/aromatic N) is 2. The predicted molar refractivity (Wildman–Crippen MR) is 39.0 cm³/mol. The molecule has 0 atom stereocenters. The van der Waals surface area contributed by atoms with Gasteiger partial charge >= 0.3 is 0 Å². The van der Waals surface area contributed by atoms with Crippen molar-refractivity contribution in [2.45, 2.75) is 10.1 Å². The number of hydrogen-bond acceptors (Lipinski definition) is 6. The Labute approximate surface area is 66.1 Å². The molecule has 0 radical (unpaired) electrons. The molecule has 0 saturated heterocycles. The molecule has 1 heterocycles. The summed E-state index contributed by atoms with van der Waals surface area (Å²) in [6.45, 7) is 0. The molecule has 54 valence electrons. The van der Waals surface area contributed by atoms with Crippen molar-refractivity contribution in [3.63, 3.8) is 0 Å². The normalized spacial score (nSPS) is 9.80. The molecule has 0 saturated carbocycles. The fourth-order valence-corrected chi connectivity index (χ4v) is 1.01. The zero-order chi connectivity index (χ0) is 7.40. The van der Waals surface area contributed by atoms with Crippen LogP contribution in [0.15, 0.2) is 22.4 Å². The zero-order valence-corrected chi connectivity index (χ0v) is 6.39. The minimum absolute atomic E-state index is 0.423. The van der Waals surface area contributed by atoms with E-state index in [0.717, 1.165) is 0 Å². The van der Waals surface area contributed by atoms with Crippen molar-refractivity contribution < 1.29 is 9.11 Å². The van der Waals surface area contributed by atoms with Gasteiger partial charge in [-0.3, -0.25) is 0 Å². The van der Waals surface area contributed by atoms with Gasteiger partial charge in [-0.2, -0.15) is 0 Å². The Balaban J connectivity index is 2.87. The smallest absolute Gasteiger partial charge is 0.128 e. The highest BCUT2D eigenvalue weighted by Crippen LogP contribution is 2.15. The van der Waals surface area contributed by atoms with Crippen LogP contribution >= 0.6 is 24.1 Å². The molecule has 0 aliphatic carbocycles. The lowest BCUT2D eigenvalue weighted by Gasteiger charge is -1.93. The van der Waals surface area contributed by atoms with Crippen LogP contribution in [0.4, 0.5) is 0 Å². The summed E-state index contributed by atoms with van der Waals surface area (Å²) in [6.07, 6.45) is 1.27. The Morgan fingerprint density at radius 3 is 2.00 bits per heavy atom. The lowest BCUT2D eigenvalue weighted by atomic mass is 10.7. The van der Waals surface area contributed by atoms with Crippen molar-refractivity contribution in [3.05, 3.63) is 12.4 Å². The second-order valence-corrected chi connectivity index (χ2v) is 2.58. The first-order valence-electron chi connectivity index (χ1n) is 2.31. The number of rotatable bonds is 2. The van der Waals surface area contributed by atoms with Crippen LogP contribution in [0, 0.1) is 0 Å². The molecule has 0 aliphatic heterocycles. The van der Waals surface area contributed by atoms with Crippen LogP contribution in [0.5, 0.6) is 0 Å². The maximum absolute atomic E-state index is 8.49. The third kappa shape index (κ3) is 1.84. The lowest BCUT2D eigenvalue weighted by Crippen LogP contribution is -1.83. The van der Waals surface area contributed by atoms with Gasteiger partial charge < -0.3 is 9.11 Å². The molecular formula is C4H4N2O2S2. The molecule has 1 rings (SSSR count). The Morgan fingerprint density at radius 1 is 1.10 bits per heavy atom. The highest BCUT2D eigenvalue weighted by molar-refractivity contribution is 7.94. The maximum Gasteiger partial charge on any atom is 0.128 e. The van der Waals surface area contributed by atoms with Gasteiger partial charge in [0.05, 0.1) is 0 Å². The predicted octanol–water partition coefficient (Wildman–Crippen LogP) is 1.61. The molecule has 0 unspecified atom stereocenters. The summed E-state index contributed by atoms with van der Waals surface area (Å²) in [6, 6.07) is 1.48. The summed E-state index contributed by atoms with van der Waals surface area (Å²) in [5, 5.41) is 0.845. The van der Waals surface area contributed by atoms with Crippen molar-refractivity contribution in [3.8, 4) is 0 Å². The number of hydrogen-bond donors (Lipinski definition) is 2. The summed E-state index contributed by atoms with van der Waals surface area (Å²) in [5.41, 5.74) is 0. The van der Waals surface area contributed by atoms with Crippen LogP contribution < -0.4 is 0 Å². The molecule has 0 fully saturated rings. The largest absolute Gasteiger partial charge is 0.324 e. The molecule has 2 N–H and O–H groups in total. The molecule has 0 amide bonds. The van der Waals surface area contributed by atoms with Crippen LogP contribution in [0.25, 0.3) is 0 Å². The highest BCUT2D eigenvalue weighted by Gasteiger charge is 1.96. The Bertz CT molecular complexity index is 201. The zero-order valence-electron chi connectivity index (χ0n) is 4.76. The van der Waals surface area contributed by atoms with E-state index in [9.17, 15) is 0 Å². The van der Waals surface area contributed by atoms with Gasteiger partial charge in [-0.15, -0.1) is 0 Å². The molecule has 10 heavy (non-hydrogen) atoms. The third-order valence-corrected chi connectivity index (χ3v) is 1.62. The van der Waals surface area contributed by atoms with Gasteiger partial charge in [0.1, 0.15) is 16.4 Å². The first kappa shape index (κ1) is 7.80. The number of aromatic nitrogens is 2. The van der Waals surface area contributed by atoms with E-state index >= 15 is 0 Å². The van der Waals surface area contributed by atoms with Gasteiger partial charge in [-0.1, -0.05) is 0 Å². The molecule has 1 aromatic heterocycles. The van der Waals surface area contributed by atoms with Crippen molar-refractivity contribution in [1.29, 1.82) is 0 Å². The van der Waals surface area contributed by atoms with Crippen molar-refractivity contribution in [2.75, 3.05) is 0 Å².